The molecule has 0 unspecified atom stereocenters. The highest BCUT2D eigenvalue weighted by molar-refractivity contribution is 6.73. The summed E-state index contributed by atoms with van der Waals surface area (Å²) >= 11 is 0. The molecular weight excluding hydrogens is 352 g/mol. The molecule has 0 aliphatic carbocycles. The summed E-state index contributed by atoms with van der Waals surface area (Å²) in [5.41, 5.74) is -0.120. The molecule has 1 N–H and O–H groups in total. The monoisotopic (exact) mass is 380 g/mol. The molecule has 0 radical (unpaired) electrons. The van der Waals surface area contributed by atoms with Crippen molar-refractivity contribution in [3.05, 3.63) is 38.7 Å². The van der Waals surface area contributed by atoms with Crippen LogP contribution < -0.4 is 11.2 Å². The van der Waals surface area contributed by atoms with Gasteiger partial charge in [-0.1, -0.05) is 41.5 Å². The highest BCUT2D eigenvalue weighted by Gasteiger charge is 2.63. The van der Waals surface area contributed by atoms with Crippen molar-refractivity contribution in [1.29, 1.82) is 0 Å². The maximum Gasteiger partial charge on any atom is 0.350 e. The Labute approximate surface area is 154 Å². The fourth-order valence-corrected chi connectivity index (χ4v) is 9.11. The van der Waals surface area contributed by atoms with Gasteiger partial charge < -0.3 is 13.6 Å². The van der Waals surface area contributed by atoms with Crippen LogP contribution in [0.3, 0.4) is 0 Å². The van der Waals surface area contributed by atoms with Gasteiger partial charge in [-0.05, 0) is 6.92 Å². The number of fused-ring (bicyclic) bond motifs is 1. The summed E-state index contributed by atoms with van der Waals surface area (Å²) in [6.07, 6.45) is 0.868. The molecule has 2 aliphatic rings. The lowest BCUT2D eigenvalue weighted by atomic mass is 10.1. The third kappa shape index (κ3) is 2.80. The van der Waals surface area contributed by atoms with Crippen molar-refractivity contribution >= 4 is 14.4 Å². The fourth-order valence-electron chi connectivity index (χ4n) is 4.13. The Morgan fingerprint density at radius 2 is 1.77 bits per heavy atom. The summed E-state index contributed by atoms with van der Waals surface area (Å²) in [6.45, 7) is 15.3. The summed E-state index contributed by atoms with van der Waals surface area (Å²) < 4.78 is 20.4. The molecule has 1 aromatic rings. The zero-order valence-electron chi connectivity index (χ0n) is 16.5. The smallest absolute Gasteiger partial charge is 0.350 e. The van der Waals surface area contributed by atoms with E-state index in [-0.39, 0.29) is 22.3 Å². The minimum Gasteiger partial charge on any atom is -0.470 e. The Morgan fingerprint density at radius 3 is 2.31 bits per heavy atom. The van der Waals surface area contributed by atoms with Crippen LogP contribution in [0, 0.1) is 0 Å². The second-order valence-corrected chi connectivity index (χ2v) is 13.8. The molecule has 3 heterocycles. The number of ether oxygens (including phenoxy) is 1. The second-order valence-electron chi connectivity index (χ2n) is 9.09. The van der Waals surface area contributed by atoms with E-state index in [4.69, 9.17) is 13.6 Å². The highest BCUT2D eigenvalue weighted by atomic mass is 28.4. The van der Waals surface area contributed by atoms with E-state index in [0.29, 0.717) is 12.5 Å². The summed E-state index contributed by atoms with van der Waals surface area (Å²) in [5, 5.41) is -0.262. The molecule has 0 spiro atoms. The molecule has 144 valence electrons. The van der Waals surface area contributed by atoms with Gasteiger partial charge in [0.1, 0.15) is 6.10 Å². The van der Waals surface area contributed by atoms with Gasteiger partial charge in [-0.15, -0.1) is 0 Å². The van der Waals surface area contributed by atoms with E-state index in [2.05, 4.69) is 46.5 Å². The normalized spacial score (nSPS) is 25.8. The number of hydrogen-bond donors (Lipinski definition) is 1. The SMILES string of the molecule is CC1=C(n2ccc(=O)[nH]c2=O)O[C@@H]2CO[Si](C(C)(C)C)(C(C)(C)C)O[C@@H]12. The van der Waals surface area contributed by atoms with Crippen LogP contribution in [0.1, 0.15) is 48.5 Å². The van der Waals surface area contributed by atoms with Crippen molar-refractivity contribution in [2.24, 2.45) is 0 Å². The highest BCUT2D eigenvalue weighted by Crippen LogP contribution is 2.55. The van der Waals surface area contributed by atoms with Crippen LogP contribution in [-0.2, 0) is 13.6 Å². The molecule has 2 atom stereocenters. The maximum absolute atomic E-state index is 12.2. The molecule has 1 saturated heterocycles. The van der Waals surface area contributed by atoms with Crippen LogP contribution in [0.25, 0.3) is 5.88 Å². The molecule has 0 bridgehead atoms. The fraction of sp³-hybridized carbons (Fsp3) is 0.667. The van der Waals surface area contributed by atoms with E-state index in [1.165, 1.54) is 16.8 Å². The minimum atomic E-state index is -2.63. The Morgan fingerprint density at radius 1 is 1.15 bits per heavy atom. The second kappa shape index (κ2) is 5.93. The van der Waals surface area contributed by atoms with Crippen LogP contribution in [0.2, 0.25) is 10.1 Å². The van der Waals surface area contributed by atoms with Crippen molar-refractivity contribution < 1.29 is 13.6 Å². The quantitative estimate of drug-likeness (QED) is 0.757. The number of H-pyrrole nitrogens is 1. The first-order chi connectivity index (χ1) is 11.9. The molecule has 1 aromatic heterocycles. The number of hydrogen-bond acceptors (Lipinski definition) is 5. The molecule has 1 fully saturated rings. The number of nitrogens with zero attached hydrogens (tertiary/aromatic N) is 1. The third-order valence-corrected chi connectivity index (χ3v) is 10.2. The van der Waals surface area contributed by atoms with Gasteiger partial charge in [0.15, 0.2) is 6.10 Å². The molecule has 3 rings (SSSR count). The van der Waals surface area contributed by atoms with Gasteiger partial charge in [-0.2, -0.15) is 0 Å². The van der Waals surface area contributed by atoms with Crippen molar-refractivity contribution in [2.45, 2.75) is 70.8 Å². The van der Waals surface area contributed by atoms with Crippen molar-refractivity contribution in [2.75, 3.05) is 6.61 Å². The maximum atomic E-state index is 12.2. The molecule has 2 aliphatic heterocycles. The predicted octanol–water partition coefficient (Wildman–Crippen LogP) is 2.58. The van der Waals surface area contributed by atoms with Gasteiger partial charge in [0.2, 0.25) is 5.88 Å². The largest absolute Gasteiger partial charge is 0.470 e. The van der Waals surface area contributed by atoms with Gasteiger partial charge >= 0.3 is 14.3 Å². The van der Waals surface area contributed by atoms with Gasteiger partial charge in [-0.25, -0.2) is 9.36 Å². The topological polar surface area (TPSA) is 82.6 Å². The molecular formula is C18H28N2O5Si. The Bertz CT molecular complexity index is 842. The lowest BCUT2D eigenvalue weighted by molar-refractivity contribution is -0.0446. The molecule has 7 nitrogen and oxygen atoms in total. The molecule has 8 heteroatoms. The van der Waals surface area contributed by atoms with Crippen LogP contribution in [-0.4, -0.2) is 36.9 Å². The van der Waals surface area contributed by atoms with Crippen LogP contribution >= 0.6 is 0 Å². The van der Waals surface area contributed by atoms with Crippen LogP contribution in [0.5, 0.6) is 0 Å². The molecule has 0 saturated carbocycles. The summed E-state index contributed by atoms with van der Waals surface area (Å²) in [5.74, 6) is 0.414. The first-order valence-electron chi connectivity index (χ1n) is 8.89. The van der Waals surface area contributed by atoms with Crippen LogP contribution in [0.15, 0.2) is 27.4 Å². The van der Waals surface area contributed by atoms with Gasteiger partial charge in [0.25, 0.3) is 5.56 Å². The molecule has 0 amide bonds. The predicted molar refractivity (Wildman–Crippen MR) is 101 cm³/mol. The van der Waals surface area contributed by atoms with E-state index < -0.39 is 19.8 Å². The number of aromatic nitrogens is 2. The van der Waals surface area contributed by atoms with E-state index in [0.717, 1.165) is 5.57 Å². The summed E-state index contributed by atoms with van der Waals surface area (Å²) in [7, 11) is -2.63. The average molecular weight is 381 g/mol. The third-order valence-electron chi connectivity index (χ3n) is 5.13. The standard InChI is InChI=1S/C18H28N2O5Si/c1-11-14-12(24-15(11)20-9-8-13(21)19-16(20)22)10-23-26(25-14,17(2,3)4)18(5,6)7/h8-9,12,14H,10H2,1-7H3,(H,19,21,22)/t12-,14+/m1/s1. The van der Waals surface area contributed by atoms with Gasteiger partial charge in [-0.3, -0.25) is 9.78 Å². The first-order valence-corrected chi connectivity index (χ1v) is 10.7. The van der Waals surface area contributed by atoms with Crippen molar-refractivity contribution in [3.63, 3.8) is 0 Å². The Hall–Kier alpha value is -1.64. The average Bonchev–Trinajstić information content (AvgIpc) is 2.81. The Balaban J connectivity index is 2.04. The summed E-state index contributed by atoms with van der Waals surface area (Å²) in [4.78, 5) is 25.7. The number of aromatic amines is 1. The molecule has 26 heavy (non-hydrogen) atoms. The van der Waals surface area contributed by atoms with E-state index in [1.807, 2.05) is 6.92 Å². The van der Waals surface area contributed by atoms with E-state index >= 15 is 0 Å². The van der Waals surface area contributed by atoms with Crippen molar-refractivity contribution in [1.82, 2.24) is 9.55 Å². The van der Waals surface area contributed by atoms with Gasteiger partial charge in [0, 0.05) is 27.9 Å². The van der Waals surface area contributed by atoms with Crippen LogP contribution in [0.4, 0.5) is 0 Å². The number of rotatable bonds is 1. The summed E-state index contributed by atoms with van der Waals surface area (Å²) in [6, 6.07) is 1.30. The lowest BCUT2D eigenvalue weighted by Gasteiger charge is -2.53. The van der Waals surface area contributed by atoms with E-state index in [1.54, 1.807) is 0 Å². The van der Waals surface area contributed by atoms with Crippen molar-refractivity contribution in [3.8, 4) is 0 Å². The zero-order chi connectivity index (χ0) is 19.5. The minimum absolute atomic E-state index is 0.131. The molecule has 0 aromatic carbocycles. The van der Waals surface area contributed by atoms with Gasteiger partial charge in [0.05, 0.1) is 6.61 Å². The Kier molecular flexibility index (Phi) is 4.37. The number of nitrogens with one attached hydrogen (secondary N) is 1. The lowest BCUT2D eigenvalue weighted by Crippen LogP contribution is -2.64. The van der Waals surface area contributed by atoms with E-state index in [9.17, 15) is 9.59 Å². The zero-order valence-corrected chi connectivity index (χ0v) is 17.5. The first kappa shape index (κ1) is 19.1.